The van der Waals surface area contributed by atoms with E-state index in [1.54, 1.807) is 6.92 Å². The summed E-state index contributed by atoms with van der Waals surface area (Å²) in [6, 6.07) is 4.21. The first-order chi connectivity index (χ1) is 13.3. The van der Waals surface area contributed by atoms with E-state index in [0.29, 0.717) is 6.07 Å². The SMILES string of the molecule is CC12CC(C(=O)O)C(C)(O1)c1c2c(O)n(-c2ccc(C#N)c(C(F)(F)F)c2)c1O. The average Bonchev–Trinajstić information content (AvgIpc) is 3.15. The smallest absolute Gasteiger partial charge is 0.417 e. The van der Waals surface area contributed by atoms with Crippen LogP contribution < -0.4 is 0 Å². The molecule has 3 heterocycles. The Hall–Kier alpha value is -3.19. The summed E-state index contributed by atoms with van der Waals surface area (Å²) in [4.78, 5) is 11.7. The molecule has 0 spiro atoms. The number of nitriles is 1. The Bertz CT molecular complexity index is 1120. The third-order valence-electron chi connectivity index (χ3n) is 5.83. The highest BCUT2D eigenvalue weighted by Gasteiger charge is 2.66. The fourth-order valence-corrected chi connectivity index (χ4v) is 4.63. The van der Waals surface area contributed by atoms with Crippen molar-refractivity contribution in [3.05, 3.63) is 40.5 Å². The van der Waals surface area contributed by atoms with Crippen molar-refractivity contribution in [3.8, 4) is 23.5 Å². The van der Waals surface area contributed by atoms with Gasteiger partial charge in [-0.3, -0.25) is 9.36 Å². The zero-order chi connectivity index (χ0) is 21.5. The average molecular weight is 408 g/mol. The van der Waals surface area contributed by atoms with Gasteiger partial charge in [0.15, 0.2) is 0 Å². The summed E-state index contributed by atoms with van der Waals surface area (Å²) in [5, 5.41) is 40.0. The molecule has 2 aliphatic rings. The van der Waals surface area contributed by atoms with Crippen LogP contribution in [-0.4, -0.2) is 25.9 Å². The summed E-state index contributed by atoms with van der Waals surface area (Å²) in [5.41, 5.74) is -4.54. The molecule has 2 aliphatic heterocycles. The van der Waals surface area contributed by atoms with Crippen LogP contribution in [0.2, 0.25) is 0 Å². The number of aliphatic carboxylic acids is 1. The second-order valence-electron chi connectivity index (χ2n) is 7.61. The molecule has 3 atom stereocenters. The van der Waals surface area contributed by atoms with Gasteiger partial charge in [0.2, 0.25) is 11.8 Å². The number of halogens is 3. The Morgan fingerprint density at radius 1 is 1.28 bits per heavy atom. The van der Waals surface area contributed by atoms with Crippen molar-refractivity contribution in [1.29, 1.82) is 5.26 Å². The molecule has 0 aliphatic carbocycles. The van der Waals surface area contributed by atoms with Gasteiger partial charge in [-0.05, 0) is 38.5 Å². The zero-order valence-corrected chi connectivity index (χ0v) is 15.2. The normalized spacial score (nSPS) is 27.7. The van der Waals surface area contributed by atoms with E-state index in [0.717, 1.165) is 16.7 Å². The number of aromatic hydroxyl groups is 2. The monoisotopic (exact) mass is 408 g/mol. The van der Waals surface area contributed by atoms with Crippen LogP contribution in [0.1, 0.15) is 42.5 Å². The minimum absolute atomic E-state index is 0.0318. The molecule has 1 saturated heterocycles. The van der Waals surface area contributed by atoms with Crippen molar-refractivity contribution in [2.24, 2.45) is 5.92 Å². The molecule has 1 aromatic carbocycles. The van der Waals surface area contributed by atoms with Crippen LogP contribution in [0.4, 0.5) is 13.2 Å². The number of aromatic nitrogens is 1. The minimum Gasteiger partial charge on any atom is -0.494 e. The maximum absolute atomic E-state index is 13.3. The molecule has 0 amide bonds. The number of hydrogen-bond donors (Lipinski definition) is 3. The molecule has 2 aromatic rings. The number of carboxylic acids is 1. The Morgan fingerprint density at radius 3 is 2.45 bits per heavy atom. The highest BCUT2D eigenvalue weighted by atomic mass is 19.4. The lowest BCUT2D eigenvalue weighted by atomic mass is 9.73. The number of carboxylic acid groups (broad SMARTS) is 1. The van der Waals surface area contributed by atoms with E-state index in [2.05, 4.69) is 0 Å². The van der Waals surface area contributed by atoms with E-state index < -0.39 is 52.2 Å². The van der Waals surface area contributed by atoms with Gasteiger partial charge in [0.25, 0.3) is 0 Å². The van der Waals surface area contributed by atoms with Crippen LogP contribution in [0.5, 0.6) is 11.8 Å². The van der Waals surface area contributed by atoms with Crippen molar-refractivity contribution < 1.29 is 38.0 Å². The molecule has 0 radical (unpaired) electrons. The molecule has 1 aromatic heterocycles. The van der Waals surface area contributed by atoms with Gasteiger partial charge in [-0.2, -0.15) is 18.4 Å². The third kappa shape index (κ3) is 2.31. The summed E-state index contributed by atoms with van der Waals surface area (Å²) < 4.78 is 46.6. The van der Waals surface area contributed by atoms with Gasteiger partial charge in [0, 0.05) is 0 Å². The molecule has 0 saturated carbocycles. The number of nitrogens with zero attached hydrogens (tertiary/aromatic N) is 2. The number of ether oxygens (including phenoxy) is 1. The van der Waals surface area contributed by atoms with Gasteiger partial charge >= 0.3 is 12.1 Å². The number of benzene rings is 1. The molecule has 10 heteroatoms. The lowest BCUT2D eigenvalue weighted by Gasteiger charge is -2.26. The van der Waals surface area contributed by atoms with Crippen molar-refractivity contribution in [2.45, 2.75) is 37.6 Å². The first-order valence-electron chi connectivity index (χ1n) is 8.57. The zero-order valence-electron chi connectivity index (χ0n) is 15.2. The van der Waals surface area contributed by atoms with E-state index in [9.17, 15) is 33.3 Å². The van der Waals surface area contributed by atoms with Gasteiger partial charge in [-0.1, -0.05) is 0 Å². The largest absolute Gasteiger partial charge is 0.494 e. The Balaban J connectivity index is 1.97. The van der Waals surface area contributed by atoms with Gasteiger partial charge in [-0.15, -0.1) is 0 Å². The maximum atomic E-state index is 13.3. The highest BCUT2D eigenvalue weighted by molar-refractivity contribution is 5.76. The standard InChI is InChI=1S/C19H15F3N2O5/c1-17-6-11(16(27)28)18(2,29-17)13-12(17)14(25)24(15(13)26)9-4-3-8(7-23)10(5-9)19(20,21)22/h3-5,11,25-26H,6H2,1-2H3,(H,27,28). The van der Waals surface area contributed by atoms with E-state index >= 15 is 0 Å². The molecule has 3 unspecified atom stereocenters. The van der Waals surface area contributed by atoms with Crippen molar-refractivity contribution in [2.75, 3.05) is 0 Å². The Kier molecular flexibility index (Phi) is 3.60. The number of rotatable bonds is 2. The van der Waals surface area contributed by atoms with E-state index in [-0.39, 0.29) is 23.2 Å². The summed E-state index contributed by atoms with van der Waals surface area (Å²) in [6.07, 6.45) is -4.79. The predicted molar refractivity (Wildman–Crippen MR) is 90.3 cm³/mol. The number of carbonyl (C=O) groups is 1. The molecule has 7 nitrogen and oxygen atoms in total. The van der Waals surface area contributed by atoms with Crippen molar-refractivity contribution >= 4 is 5.97 Å². The topological polar surface area (TPSA) is 116 Å². The summed E-state index contributed by atoms with van der Waals surface area (Å²) in [6.45, 7) is 3.02. The van der Waals surface area contributed by atoms with Crippen LogP contribution in [0.3, 0.4) is 0 Å². The van der Waals surface area contributed by atoms with E-state index in [1.807, 2.05) is 0 Å². The van der Waals surface area contributed by atoms with Crippen molar-refractivity contribution in [3.63, 3.8) is 0 Å². The summed E-state index contributed by atoms with van der Waals surface area (Å²) in [7, 11) is 0. The van der Waals surface area contributed by atoms with Crippen molar-refractivity contribution in [1.82, 2.24) is 4.57 Å². The summed E-state index contributed by atoms with van der Waals surface area (Å²) >= 11 is 0. The fourth-order valence-electron chi connectivity index (χ4n) is 4.63. The molecule has 4 rings (SSSR count). The Labute approximate surface area is 162 Å². The van der Waals surface area contributed by atoms with Crippen LogP contribution in [-0.2, 0) is 26.9 Å². The maximum Gasteiger partial charge on any atom is 0.417 e. The van der Waals surface area contributed by atoms with Crippen LogP contribution in [0, 0.1) is 17.2 Å². The van der Waals surface area contributed by atoms with E-state index in [4.69, 9.17) is 10.00 Å². The molecular weight excluding hydrogens is 393 g/mol. The van der Waals surface area contributed by atoms with Gasteiger partial charge < -0.3 is 20.1 Å². The first kappa shape index (κ1) is 19.1. The second-order valence-corrected chi connectivity index (χ2v) is 7.61. The molecule has 29 heavy (non-hydrogen) atoms. The second kappa shape index (κ2) is 5.45. The molecule has 1 fully saturated rings. The van der Waals surface area contributed by atoms with Crippen LogP contribution in [0.15, 0.2) is 18.2 Å². The lowest BCUT2D eigenvalue weighted by Crippen LogP contribution is -2.34. The number of hydrogen-bond acceptors (Lipinski definition) is 5. The molecular formula is C19H15F3N2O5. The number of alkyl halides is 3. The highest BCUT2D eigenvalue weighted by Crippen LogP contribution is 2.66. The predicted octanol–water partition coefficient (Wildman–Crippen LogP) is 3.34. The van der Waals surface area contributed by atoms with Gasteiger partial charge in [0.1, 0.15) is 5.60 Å². The molecule has 2 bridgehead atoms. The van der Waals surface area contributed by atoms with Crippen LogP contribution >= 0.6 is 0 Å². The summed E-state index contributed by atoms with van der Waals surface area (Å²) in [5.74, 6) is -3.29. The molecule has 152 valence electrons. The lowest BCUT2D eigenvalue weighted by molar-refractivity contribution is -0.149. The minimum atomic E-state index is -4.82. The first-order valence-corrected chi connectivity index (χ1v) is 8.57. The third-order valence-corrected chi connectivity index (χ3v) is 5.83. The van der Waals surface area contributed by atoms with Crippen LogP contribution in [0.25, 0.3) is 5.69 Å². The van der Waals surface area contributed by atoms with Gasteiger partial charge in [0.05, 0.1) is 45.5 Å². The quantitative estimate of drug-likeness (QED) is 0.702. The molecule has 3 N–H and O–H groups in total. The number of fused-ring (bicyclic) bond motifs is 5. The fraction of sp³-hybridized carbons (Fsp3) is 0.368. The van der Waals surface area contributed by atoms with E-state index in [1.165, 1.54) is 13.0 Å². The van der Waals surface area contributed by atoms with Gasteiger partial charge in [-0.25, -0.2) is 0 Å². The Morgan fingerprint density at radius 2 is 1.90 bits per heavy atom.